The molecule has 3 heteroatoms. The number of nitrogens with two attached hydrogens (primary N) is 1. The number of nitrogens with zero attached hydrogens (tertiary/aromatic N) is 1. The second-order valence-corrected chi connectivity index (χ2v) is 2.91. The van der Waals surface area contributed by atoms with E-state index in [1.165, 1.54) is 0 Å². The van der Waals surface area contributed by atoms with Gasteiger partial charge in [-0.2, -0.15) is 0 Å². The largest absolute Gasteiger partial charge is 0.259 e. The number of hydrogen-bond acceptors (Lipinski definition) is 2. The summed E-state index contributed by atoms with van der Waals surface area (Å²) in [7, 11) is -0.148. The maximum Gasteiger partial charge on any atom is 0.259 e. The van der Waals surface area contributed by atoms with Crippen LogP contribution in [0.15, 0.2) is 11.6 Å². The van der Waals surface area contributed by atoms with E-state index in [-0.39, 0.29) is 10.7 Å². The number of rotatable bonds is 0. The Bertz CT molecular complexity index is 142. The molecule has 1 heterocycles. The monoisotopic (exact) mass is 115 g/mol. The third kappa shape index (κ3) is 0.783. The fraction of sp³-hybridized carbons (Fsp3) is 0.250. The van der Waals surface area contributed by atoms with Gasteiger partial charge in [-0.25, -0.2) is 4.98 Å². The molecule has 0 aromatic carbocycles. The van der Waals surface area contributed by atoms with Gasteiger partial charge in [0.05, 0.1) is 16.9 Å². The average Bonchev–Trinajstić information content (AvgIpc) is 1.91. The van der Waals surface area contributed by atoms with Crippen LogP contribution in [0.1, 0.15) is 5.01 Å². The highest BCUT2D eigenvalue weighted by Gasteiger charge is 2.00. The Morgan fingerprint density at radius 3 is 2.71 bits per heavy atom. The molecule has 1 unspecified atom stereocenters. The topological polar surface area (TPSA) is 38.9 Å². The van der Waals surface area contributed by atoms with E-state index in [4.69, 9.17) is 5.14 Å². The second kappa shape index (κ2) is 1.60. The van der Waals surface area contributed by atoms with Crippen molar-refractivity contribution in [3.63, 3.8) is 0 Å². The van der Waals surface area contributed by atoms with Crippen molar-refractivity contribution in [1.82, 2.24) is 4.98 Å². The van der Waals surface area contributed by atoms with E-state index < -0.39 is 0 Å². The average molecular weight is 115 g/mol. The predicted octanol–water partition coefficient (Wildman–Crippen LogP) is 0.853. The molecule has 0 radical (unpaired) electrons. The summed E-state index contributed by atoms with van der Waals surface area (Å²) in [5.41, 5.74) is 0. The number of thiazole rings is 1. The van der Waals surface area contributed by atoms with Crippen LogP contribution in [0.3, 0.4) is 0 Å². The maximum atomic E-state index is 5.49. The van der Waals surface area contributed by atoms with Gasteiger partial charge < -0.3 is 0 Å². The van der Waals surface area contributed by atoms with Crippen LogP contribution in [0.5, 0.6) is 0 Å². The summed E-state index contributed by atoms with van der Waals surface area (Å²) in [5, 5.41) is 8.41. The second-order valence-electron chi connectivity index (χ2n) is 1.31. The molecule has 38 valence electrons. The molecule has 0 aliphatic heterocycles. The molecule has 2 N–H and O–H groups in total. The Balaban J connectivity index is 3.12. The summed E-state index contributed by atoms with van der Waals surface area (Å²) in [6.07, 6.45) is 1.75. The summed E-state index contributed by atoms with van der Waals surface area (Å²) in [6, 6.07) is 0. The highest BCUT2D eigenvalue weighted by Crippen LogP contribution is 2.09. The highest BCUT2D eigenvalue weighted by atomic mass is 32.2. The van der Waals surface area contributed by atoms with Gasteiger partial charge in [-0.05, 0) is 0 Å². The lowest BCUT2D eigenvalue weighted by atomic mass is 10.8. The van der Waals surface area contributed by atoms with Crippen molar-refractivity contribution in [2.24, 2.45) is 0 Å². The van der Waals surface area contributed by atoms with Crippen LogP contribution in [0.2, 0.25) is 0 Å². The SMILES string of the molecule is Cc1ncc[s+]1N. The maximum absolute atomic E-state index is 5.49. The first-order valence-electron chi connectivity index (χ1n) is 1.99. The summed E-state index contributed by atoms with van der Waals surface area (Å²) in [4.78, 5) is 3.94. The first kappa shape index (κ1) is 4.74. The third-order valence-corrected chi connectivity index (χ3v) is 2.01. The Morgan fingerprint density at radius 2 is 2.57 bits per heavy atom. The van der Waals surface area contributed by atoms with Gasteiger partial charge in [0.25, 0.3) is 5.01 Å². The number of nitrogen functional groups attached to an aromatic ring is 1. The van der Waals surface area contributed by atoms with Crippen molar-refractivity contribution in [2.45, 2.75) is 6.92 Å². The van der Waals surface area contributed by atoms with Gasteiger partial charge in [0.15, 0.2) is 5.38 Å². The minimum Gasteiger partial charge on any atom is -0.204 e. The Morgan fingerprint density at radius 1 is 1.86 bits per heavy atom. The van der Waals surface area contributed by atoms with Gasteiger partial charge in [-0.1, -0.05) is 0 Å². The number of aryl methyl sites for hydroxylation is 1. The van der Waals surface area contributed by atoms with Gasteiger partial charge in [0, 0.05) is 6.92 Å². The molecule has 1 rings (SSSR count). The van der Waals surface area contributed by atoms with Crippen LogP contribution in [0.4, 0.5) is 0 Å². The lowest BCUT2D eigenvalue weighted by molar-refractivity contribution is 1.30. The fourth-order valence-electron chi connectivity index (χ4n) is 0.360. The molecule has 1 aromatic heterocycles. The minimum atomic E-state index is -0.148. The summed E-state index contributed by atoms with van der Waals surface area (Å²) in [6.45, 7) is 1.93. The molecule has 1 atom stereocenters. The zero-order valence-electron chi connectivity index (χ0n) is 4.09. The first-order valence-corrected chi connectivity index (χ1v) is 3.34. The molecule has 0 fully saturated rings. The van der Waals surface area contributed by atoms with Gasteiger partial charge in [-0.15, -0.1) is 5.14 Å². The van der Waals surface area contributed by atoms with Gasteiger partial charge >= 0.3 is 0 Å². The molecular weight excluding hydrogens is 108 g/mol. The smallest absolute Gasteiger partial charge is 0.204 e. The van der Waals surface area contributed by atoms with E-state index in [2.05, 4.69) is 4.98 Å². The Hall–Kier alpha value is -0.410. The molecule has 0 saturated heterocycles. The van der Waals surface area contributed by atoms with E-state index in [1.807, 2.05) is 12.3 Å². The molecule has 0 amide bonds. The molecule has 0 saturated carbocycles. The van der Waals surface area contributed by atoms with Crippen LogP contribution in [-0.4, -0.2) is 4.98 Å². The predicted molar refractivity (Wildman–Crippen MR) is 31.6 cm³/mol. The summed E-state index contributed by atoms with van der Waals surface area (Å²) >= 11 is 0. The van der Waals surface area contributed by atoms with Crippen LogP contribution < -0.4 is 5.14 Å². The fourth-order valence-corrected chi connectivity index (χ4v) is 0.932. The lowest BCUT2D eigenvalue weighted by Gasteiger charge is -1.67. The van der Waals surface area contributed by atoms with Crippen LogP contribution in [-0.2, 0) is 0 Å². The van der Waals surface area contributed by atoms with E-state index >= 15 is 0 Å². The molecule has 2 nitrogen and oxygen atoms in total. The van der Waals surface area contributed by atoms with E-state index in [0.29, 0.717) is 0 Å². The van der Waals surface area contributed by atoms with Gasteiger partial charge in [-0.3, -0.25) is 0 Å². The molecular formula is C4H7N2S+. The normalized spacial score (nSPS) is 12.0. The van der Waals surface area contributed by atoms with E-state index in [1.54, 1.807) is 6.20 Å². The van der Waals surface area contributed by atoms with Crippen LogP contribution >= 0.6 is 10.7 Å². The molecule has 0 bridgehead atoms. The van der Waals surface area contributed by atoms with Crippen molar-refractivity contribution in [3.8, 4) is 0 Å². The van der Waals surface area contributed by atoms with Crippen LogP contribution in [0.25, 0.3) is 0 Å². The zero-order valence-corrected chi connectivity index (χ0v) is 4.90. The van der Waals surface area contributed by atoms with Gasteiger partial charge in [0.1, 0.15) is 0 Å². The summed E-state index contributed by atoms with van der Waals surface area (Å²) in [5.74, 6) is 0. The van der Waals surface area contributed by atoms with E-state index in [0.717, 1.165) is 5.01 Å². The molecule has 0 aliphatic carbocycles. The lowest BCUT2D eigenvalue weighted by Crippen LogP contribution is -1.78. The first-order chi connectivity index (χ1) is 3.30. The minimum absolute atomic E-state index is 0.148. The van der Waals surface area contributed by atoms with Crippen molar-refractivity contribution in [3.05, 3.63) is 16.6 Å². The van der Waals surface area contributed by atoms with Crippen LogP contribution in [0, 0.1) is 6.92 Å². The van der Waals surface area contributed by atoms with Crippen molar-refractivity contribution in [1.29, 1.82) is 0 Å². The molecule has 0 aliphatic rings. The number of hydrogen-bond donors (Lipinski definition) is 1. The Kier molecular flexibility index (Phi) is 1.08. The molecule has 1 aromatic rings. The zero-order chi connectivity index (χ0) is 5.28. The molecule has 0 spiro atoms. The third-order valence-electron chi connectivity index (χ3n) is 0.805. The van der Waals surface area contributed by atoms with E-state index in [9.17, 15) is 0 Å². The highest BCUT2D eigenvalue weighted by molar-refractivity contribution is 7.29. The van der Waals surface area contributed by atoms with Crippen molar-refractivity contribution in [2.75, 3.05) is 5.14 Å². The van der Waals surface area contributed by atoms with Crippen molar-refractivity contribution < 1.29 is 0 Å². The van der Waals surface area contributed by atoms with Crippen molar-refractivity contribution >= 4 is 10.7 Å². The standard InChI is InChI=1S/C4H7N2S/c1-4-6-2-3-7(4)5/h2-3H,5H2,1H3/q+1. The Labute approximate surface area is 45.1 Å². The number of aromatic nitrogens is 1. The quantitative estimate of drug-likeness (QED) is 0.509. The molecule has 7 heavy (non-hydrogen) atoms. The van der Waals surface area contributed by atoms with Gasteiger partial charge in [0.2, 0.25) is 0 Å². The summed E-state index contributed by atoms with van der Waals surface area (Å²) < 4.78 is 0.